The summed E-state index contributed by atoms with van der Waals surface area (Å²) in [5.41, 5.74) is 6.26. The molecule has 0 fully saturated rings. The Bertz CT molecular complexity index is 709. The molecule has 2 aromatic rings. The first-order chi connectivity index (χ1) is 9.92. The van der Waals surface area contributed by atoms with E-state index in [2.05, 4.69) is 11.0 Å². The Morgan fingerprint density at radius 1 is 0.900 bits per heavy atom. The molecule has 0 aromatic heterocycles. The van der Waals surface area contributed by atoms with Gasteiger partial charge in [-0.05, 0) is 36.0 Å². The lowest BCUT2D eigenvalue weighted by Crippen LogP contribution is -2.16. The van der Waals surface area contributed by atoms with Crippen LogP contribution in [0.1, 0.15) is 0 Å². The van der Waals surface area contributed by atoms with Crippen molar-refractivity contribution in [2.45, 2.75) is 0 Å². The Hall–Kier alpha value is -2.64. The molecule has 0 saturated carbocycles. The average molecular weight is 257 g/mol. The molecule has 2 nitrogen and oxygen atoms in total. The van der Waals surface area contributed by atoms with Crippen LogP contribution in [-0.2, 0) is 0 Å². The van der Waals surface area contributed by atoms with Gasteiger partial charge in [0.15, 0.2) is 0 Å². The monoisotopic (exact) mass is 257 g/mol. The molecule has 3 heteroatoms. The Balaban J connectivity index is 1.95. The number of nitrogens with one attached hydrogen (secondary N) is 1. The van der Waals surface area contributed by atoms with Gasteiger partial charge in [-0.15, -0.1) is 5.47 Å². The number of nitrogens with zero attached hydrogens (tertiary/aromatic N) is 1. The van der Waals surface area contributed by atoms with Crippen molar-refractivity contribution in [1.29, 1.82) is 0 Å². The van der Waals surface area contributed by atoms with Gasteiger partial charge in [-0.2, -0.15) is 5.73 Å². The van der Waals surface area contributed by atoms with Crippen molar-refractivity contribution in [3.63, 3.8) is 0 Å². The van der Waals surface area contributed by atoms with Crippen molar-refractivity contribution < 1.29 is 0 Å². The van der Waals surface area contributed by atoms with Crippen LogP contribution >= 0.6 is 0 Å². The normalized spacial score (nSPS) is 13.4. The first-order valence-electron chi connectivity index (χ1n) is 6.62. The van der Waals surface area contributed by atoms with Gasteiger partial charge in [-0.3, -0.25) is 0 Å². The lowest BCUT2D eigenvalue weighted by molar-refractivity contribution is 1.52. The molecule has 0 unspecified atom stereocenters. The number of hydrogen-bond acceptors (Lipinski definition) is 1. The molecule has 2 aromatic carbocycles. The van der Waals surface area contributed by atoms with E-state index >= 15 is 0 Å². The maximum atomic E-state index is 4.75. The third-order valence-electron chi connectivity index (χ3n) is 3.03. The second-order valence-electron chi connectivity index (χ2n) is 4.50. The minimum atomic E-state index is -0.130. The Morgan fingerprint density at radius 3 is 2.25 bits per heavy atom. The molecule has 3 rings (SSSR count). The van der Waals surface area contributed by atoms with Crippen LogP contribution in [0.15, 0.2) is 95.0 Å². The predicted octanol–water partition coefficient (Wildman–Crippen LogP) is 4.38. The van der Waals surface area contributed by atoms with Crippen LogP contribution in [0.3, 0.4) is 0 Å². The largest absolute Gasteiger partial charge is 0.549 e. The Kier molecular flexibility index (Phi) is 3.72. The molecular formula is C17H14BN2-. The lowest BCUT2D eigenvalue weighted by atomic mass is 9.75. The molecule has 0 atom stereocenters. The number of allylic oxidation sites excluding steroid dienone is 3. The van der Waals surface area contributed by atoms with Gasteiger partial charge in [0.05, 0.1) is 6.64 Å². The van der Waals surface area contributed by atoms with E-state index in [-0.39, 0.29) is 6.64 Å². The zero-order valence-corrected chi connectivity index (χ0v) is 11.0. The highest BCUT2D eigenvalue weighted by molar-refractivity contribution is 6.60. The van der Waals surface area contributed by atoms with Crippen LogP contribution in [0, 0.1) is 0 Å². The summed E-state index contributed by atoms with van der Waals surface area (Å²) >= 11 is 0. The molecule has 1 N–H and O–H groups in total. The highest BCUT2D eigenvalue weighted by Gasteiger charge is 1.96. The highest BCUT2D eigenvalue weighted by Crippen LogP contribution is 2.15. The van der Waals surface area contributed by atoms with Crippen LogP contribution in [0.5, 0.6) is 0 Å². The fourth-order valence-corrected chi connectivity index (χ4v) is 2.05. The maximum absolute atomic E-state index is 4.75. The average Bonchev–Trinajstić information content (AvgIpc) is 3.03. The van der Waals surface area contributed by atoms with E-state index < -0.39 is 0 Å². The first-order valence-corrected chi connectivity index (χ1v) is 6.62. The zero-order chi connectivity index (χ0) is 13.6. The van der Waals surface area contributed by atoms with E-state index in [0.29, 0.717) is 0 Å². The summed E-state index contributed by atoms with van der Waals surface area (Å²) in [5, 5.41) is 3.43. The molecule has 0 bridgehead atoms. The van der Waals surface area contributed by atoms with Crippen molar-refractivity contribution in [2.75, 3.05) is 5.23 Å². The molecule has 0 radical (unpaired) electrons. The fourth-order valence-electron chi connectivity index (χ4n) is 2.05. The summed E-state index contributed by atoms with van der Waals surface area (Å²) < 4.78 is 0. The number of hydrogen-bond donors (Lipinski definition) is 1. The molecule has 0 spiro atoms. The minimum Gasteiger partial charge on any atom is -0.549 e. The second-order valence-corrected chi connectivity index (χ2v) is 4.50. The predicted molar refractivity (Wildman–Crippen MR) is 85.1 cm³/mol. The van der Waals surface area contributed by atoms with Gasteiger partial charge in [0, 0.05) is 5.69 Å². The molecule has 0 aliphatic heterocycles. The lowest BCUT2D eigenvalue weighted by Gasteiger charge is -2.21. The summed E-state index contributed by atoms with van der Waals surface area (Å²) in [4.78, 5) is 4.75. The van der Waals surface area contributed by atoms with E-state index in [9.17, 15) is 0 Å². The van der Waals surface area contributed by atoms with Gasteiger partial charge in [-0.25, -0.2) is 0 Å². The van der Waals surface area contributed by atoms with E-state index in [1.54, 1.807) is 0 Å². The summed E-state index contributed by atoms with van der Waals surface area (Å²) in [6.07, 6.45) is 5.93. The van der Waals surface area contributed by atoms with Gasteiger partial charge in [0.25, 0.3) is 0 Å². The van der Waals surface area contributed by atoms with Crippen LogP contribution in [0.25, 0.3) is 0 Å². The molecule has 0 heterocycles. The summed E-state index contributed by atoms with van der Waals surface area (Å²) in [7, 11) is 0. The number of benzene rings is 2. The van der Waals surface area contributed by atoms with E-state index in [1.807, 2.05) is 78.9 Å². The Morgan fingerprint density at radius 2 is 1.60 bits per heavy atom. The van der Waals surface area contributed by atoms with Gasteiger partial charge in [0.2, 0.25) is 0 Å². The summed E-state index contributed by atoms with van der Waals surface area (Å²) in [6, 6.07) is 20.1. The van der Waals surface area contributed by atoms with E-state index in [4.69, 9.17) is 4.90 Å². The maximum Gasteiger partial charge on any atom is 0.0939 e. The number of para-hydroxylation sites is 1. The zero-order valence-electron chi connectivity index (χ0n) is 11.0. The molecule has 20 heavy (non-hydrogen) atoms. The van der Waals surface area contributed by atoms with Crippen LogP contribution in [-0.4, -0.2) is 6.64 Å². The van der Waals surface area contributed by atoms with Gasteiger partial charge < -0.3 is 10.1 Å². The molecule has 0 saturated heterocycles. The molecular weight excluding hydrogens is 243 g/mol. The quantitative estimate of drug-likeness (QED) is 0.638. The molecule has 96 valence electrons. The SMILES string of the molecule is C1=CC=CC=1[B-](=Nc1ccccc1)Nc1ccccc1. The minimum absolute atomic E-state index is 0.130. The molecule has 1 aliphatic carbocycles. The van der Waals surface area contributed by atoms with E-state index in [0.717, 1.165) is 16.8 Å². The highest BCUT2D eigenvalue weighted by atomic mass is 14.9. The van der Waals surface area contributed by atoms with Crippen LogP contribution < -0.4 is 5.23 Å². The topological polar surface area (TPSA) is 24.4 Å². The second kappa shape index (κ2) is 6.00. The first kappa shape index (κ1) is 12.4. The van der Waals surface area contributed by atoms with Crippen molar-refractivity contribution >= 4 is 18.0 Å². The summed E-state index contributed by atoms with van der Waals surface area (Å²) in [6.45, 7) is -0.130. The smallest absolute Gasteiger partial charge is 0.0939 e. The number of anilines is 1. The van der Waals surface area contributed by atoms with Gasteiger partial charge >= 0.3 is 0 Å². The fraction of sp³-hybridized carbons (Fsp3) is 0. The molecule has 0 amide bonds. The standard InChI is InChI=1S/C17H14BN2/c1-3-11-16(12-4-1)19-18(15-9-7-8-10-15)20-17-13-5-2-6-14-17/h1-9,11-14,19H/q-1. The molecule has 1 aliphatic rings. The summed E-state index contributed by atoms with van der Waals surface area (Å²) in [5.74, 6) is 0. The van der Waals surface area contributed by atoms with Crippen molar-refractivity contribution in [3.8, 4) is 0 Å². The van der Waals surface area contributed by atoms with Crippen LogP contribution in [0.2, 0.25) is 0 Å². The van der Waals surface area contributed by atoms with Crippen molar-refractivity contribution in [1.82, 2.24) is 0 Å². The number of rotatable bonds is 4. The van der Waals surface area contributed by atoms with Crippen molar-refractivity contribution in [2.24, 2.45) is 4.90 Å². The third-order valence-corrected chi connectivity index (χ3v) is 3.03. The van der Waals surface area contributed by atoms with Crippen LogP contribution in [0.4, 0.5) is 11.4 Å². The van der Waals surface area contributed by atoms with Gasteiger partial charge in [0.1, 0.15) is 0 Å². The van der Waals surface area contributed by atoms with Crippen molar-refractivity contribution in [3.05, 3.63) is 90.1 Å². The third kappa shape index (κ3) is 3.03. The van der Waals surface area contributed by atoms with E-state index in [1.165, 1.54) is 0 Å². The Labute approximate surface area is 119 Å². The van der Waals surface area contributed by atoms with Gasteiger partial charge in [-0.1, -0.05) is 48.6 Å².